The SMILES string of the molecule is CCOC(=O)CC(=O)c1cc(Cl)c(Cl)cc1Cl. The van der Waals surface area contributed by atoms with Crippen LogP contribution in [0.1, 0.15) is 23.7 Å². The summed E-state index contributed by atoms with van der Waals surface area (Å²) >= 11 is 17.3. The van der Waals surface area contributed by atoms with Crippen LogP contribution in [0.3, 0.4) is 0 Å². The first-order valence-electron chi connectivity index (χ1n) is 4.79. The third-order valence-electron chi connectivity index (χ3n) is 1.92. The average Bonchev–Trinajstić information content (AvgIpc) is 2.23. The van der Waals surface area contributed by atoms with E-state index in [4.69, 9.17) is 34.8 Å². The second-order valence-corrected chi connectivity index (χ2v) is 4.37. The lowest BCUT2D eigenvalue weighted by molar-refractivity contribution is -0.141. The van der Waals surface area contributed by atoms with Crippen LogP contribution in [0.25, 0.3) is 0 Å². The summed E-state index contributed by atoms with van der Waals surface area (Å²) in [5.74, 6) is -1.05. The van der Waals surface area contributed by atoms with Crippen LogP contribution in [-0.2, 0) is 9.53 Å². The van der Waals surface area contributed by atoms with Gasteiger partial charge >= 0.3 is 5.97 Å². The molecule has 0 aliphatic heterocycles. The third-order valence-corrected chi connectivity index (χ3v) is 2.96. The number of rotatable bonds is 4. The quantitative estimate of drug-likeness (QED) is 0.367. The molecule has 0 amide bonds. The van der Waals surface area contributed by atoms with Gasteiger partial charge in [-0.3, -0.25) is 9.59 Å². The molecule has 0 aliphatic rings. The smallest absolute Gasteiger partial charge is 0.313 e. The maximum absolute atomic E-state index is 11.7. The number of hydrogen-bond donors (Lipinski definition) is 0. The number of ketones is 1. The van der Waals surface area contributed by atoms with Gasteiger partial charge in [0, 0.05) is 5.56 Å². The number of benzene rings is 1. The average molecular weight is 296 g/mol. The maximum Gasteiger partial charge on any atom is 0.313 e. The molecule has 0 fully saturated rings. The van der Waals surface area contributed by atoms with Crippen molar-refractivity contribution in [2.24, 2.45) is 0 Å². The highest BCUT2D eigenvalue weighted by atomic mass is 35.5. The van der Waals surface area contributed by atoms with E-state index in [0.717, 1.165) is 0 Å². The molecule has 0 unspecified atom stereocenters. The van der Waals surface area contributed by atoms with Crippen molar-refractivity contribution in [3.05, 3.63) is 32.8 Å². The normalized spacial score (nSPS) is 10.1. The van der Waals surface area contributed by atoms with Crippen molar-refractivity contribution in [3.8, 4) is 0 Å². The molecule has 0 saturated heterocycles. The second-order valence-electron chi connectivity index (χ2n) is 3.15. The summed E-state index contributed by atoms with van der Waals surface area (Å²) < 4.78 is 4.67. The zero-order chi connectivity index (χ0) is 13.0. The molecule has 92 valence electrons. The zero-order valence-electron chi connectivity index (χ0n) is 8.93. The molecule has 17 heavy (non-hydrogen) atoms. The Morgan fingerprint density at radius 1 is 1.12 bits per heavy atom. The Labute approximate surface area is 114 Å². The van der Waals surface area contributed by atoms with E-state index in [9.17, 15) is 9.59 Å². The summed E-state index contributed by atoms with van der Waals surface area (Å²) in [4.78, 5) is 22.9. The highest BCUT2D eigenvalue weighted by Gasteiger charge is 2.17. The molecule has 0 aliphatic carbocycles. The van der Waals surface area contributed by atoms with E-state index >= 15 is 0 Å². The Morgan fingerprint density at radius 2 is 1.71 bits per heavy atom. The van der Waals surface area contributed by atoms with Crippen molar-refractivity contribution in [1.82, 2.24) is 0 Å². The Morgan fingerprint density at radius 3 is 2.29 bits per heavy atom. The molecule has 0 spiro atoms. The Kier molecular flexibility index (Phi) is 5.25. The standard InChI is InChI=1S/C11H9Cl3O3/c1-2-17-11(16)5-10(15)6-3-8(13)9(14)4-7(6)12/h3-4H,2,5H2,1H3. The van der Waals surface area contributed by atoms with Crippen molar-refractivity contribution in [2.75, 3.05) is 6.61 Å². The fourth-order valence-electron chi connectivity index (χ4n) is 1.17. The van der Waals surface area contributed by atoms with Crippen LogP contribution < -0.4 is 0 Å². The molecule has 0 saturated carbocycles. The first kappa shape index (κ1) is 14.3. The minimum Gasteiger partial charge on any atom is -0.466 e. The molecular formula is C11H9Cl3O3. The van der Waals surface area contributed by atoms with Crippen LogP contribution in [0.15, 0.2) is 12.1 Å². The van der Waals surface area contributed by atoms with Crippen LogP contribution >= 0.6 is 34.8 Å². The molecule has 0 radical (unpaired) electrons. The number of halogens is 3. The van der Waals surface area contributed by atoms with Gasteiger partial charge in [0.25, 0.3) is 0 Å². The summed E-state index contributed by atoms with van der Waals surface area (Å²) in [7, 11) is 0. The van der Waals surface area contributed by atoms with Crippen LogP contribution in [0.2, 0.25) is 15.1 Å². The summed E-state index contributed by atoms with van der Waals surface area (Å²) in [6.07, 6.45) is -0.370. The van der Waals surface area contributed by atoms with Gasteiger partial charge in [-0.05, 0) is 19.1 Å². The van der Waals surface area contributed by atoms with Gasteiger partial charge in [-0.15, -0.1) is 0 Å². The van der Waals surface area contributed by atoms with E-state index in [1.807, 2.05) is 0 Å². The predicted molar refractivity (Wildman–Crippen MR) is 67.1 cm³/mol. The molecule has 1 rings (SSSR count). The van der Waals surface area contributed by atoms with E-state index in [1.165, 1.54) is 12.1 Å². The molecule has 6 heteroatoms. The third kappa shape index (κ3) is 3.87. The predicted octanol–water partition coefficient (Wildman–Crippen LogP) is 3.78. The van der Waals surface area contributed by atoms with Crippen molar-refractivity contribution in [3.63, 3.8) is 0 Å². The van der Waals surface area contributed by atoms with Crippen molar-refractivity contribution >= 4 is 46.6 Å². The number of hydrogen-bond acceptors (Lipinski definition) is 3. The monoisotopic (exact) mass is 294 g/mol. The Bertz CT molecular complexity index is 458. The van der Waals surface area contributed by atoms with Crippen LogP contribution in [-0.4, -0.2) is 18.4 Å². The van der Waals surface area contributed by atoms with Crippen LogP contribution in [0.4, 0.5) is 0 Å². The number of Topliss-reactive ketones (excluding diaryl/α,β-unsaturated/α-hetero) is 1. The minimum atomic E-state index is -0.598. The second kappa shape index (κ2) is 6.24. The van der Waals surface area contributed by atoms with E-state index in [-0.39, 0.29) is 33.7 Å². The maximum atomic E-state index is 11.7. The van der Waals surface area contributed by atoms with Crippen molar-refractivity contribution in [2.45, 2.75) is 13.3 Å². The summed E-state index contributed by atoms with van der Waals surface area (Å²) in [6, 6.07) is 2.71. The minimum absolute atomic E-state index is 0.161. The first-order chi connectivity index (χ1) is 7.95. The van der Waals surface area contributed by atoms with E-state index in [1.54, 1.807) is 6.92 Å². The van der Waals surface area contributed by atoms with Crippen molar-refractivity contribution in [1.29, 1.82) is 0 Å². The Hall–Kier alpha value is -0.770. The van der Waals surface area contributed by atoms with Gasteiger partial charge in [0.05, 0.1) is 21.7 Å². The molecule has 0 heterocycles. The first-order valence-corrected chi connectivity index (χ1v) is 5.92. The van der Waals surface area contributed by atoms with Gasteiger partial charge in [0.1, 0.15) is 6.42 Å². The van der Waals surface area contributed by atoms with Gasteiger partial charge in [-0.25, -0.2) is 0 Å². The fourth-order valence-corrected chi connectivity index (χ4v) is 1.83. The van der Waals surface area contributed by atoms with Gasteiger partial charge in [-0.1, -0.05) is 34.8 Å². The molecule has 0 aromatic heterocycles. The molecule has 0 N–H and O–H groups in total. The zero-order valence-corrected chi connectivity index (χ0v) is 11.2. The number of carbonyl (C=O) groups excluding carboxylic acids is 2. The highest BCUT2D eigenvalue weighted by molar-refractivity contribution is 6.44. The molecule has 0 atom stereocenters. The van der Waals surface area contributed by atoms with E-state index < -0.39 is 11.8 Å². The lowest BCUT2D eigenvalue weighted by atomic mass is 10.1. The molecule has 1 aromatic carbocycles. The highest BCUT2D eigenvalue weighted by Crippen LogP contribution is 2.29. The number of esters is 1. The van der Waals surface area contributed by atoms with Gasteiger partial charge in [0.2, 0.25) is 0 Å². The molecular weight excluding hydrogens is 286 g/mol. The van der Waals surface area contributed by atoms with Crippen LogP contribution in [0, 0.1) is 0 Å². The summed E-state index contributed by atoms with van der Waals surface area (Å²) in [5, 5.41) is 0.626. The van der Waals surface area contributed by atoms with Gasteiger partial charge < -0.3 is 4.74 Å². The van der Waals surface area contributed by atoms with Crippen molar-refractivity contribution < 1.29 is 14.3 Å². The number of carbonyl (C=O) groups is 2. The van der Waals surface area contributed by atoms with Crippen LogP contribution in [0.5, 0.6) is 0 Å². The molecule has 1 aromatic rings. The molecule has 3 nitrogen and oxygen atoms in total. The fraction of sp³-hybridized carbons (Fsp3) is 0.273. The summed E-state index contributed by atoms with van der Waals surface area (Å²) in [5.41, 5.74) is 0.161. The largest absolute Gasteiger partial charge is 0.466 e. The topological polar surface area (TPSA) is 43.4 Å². The summed E-state index contributed by atoms with van der Waals surface area (Å²) in [6.45, 7) is 1.88. The van der Waals surface area contributed by atoms with E-state index in [0.29, 0.717) is 0 Å². The lowest BCUT2D eigenvalue weighted by Crippen LogP contribution is -2.11. The molecule has 0 bridgehead atoms. The number of ether oxygens (including phenoxy) is 1. The Balaban J connectivity index is 2.89. The van der Waals surface area contributed by atoms with Gasteiger partial charge in [0.15, 0.2) is 5.78 Å². The van der Waals surface area contributed by atoms with E-state index in [2.05, 4.69) is 4.74 Å². The van der Waals surface area contributed by atoms with Gasteiger partial charge in [-0.2, -0.15) is 0 Å². The lowest BCUT2D eigenvalue weighted by Gasteiger charge is -2.05.